The molecule has 200 valence electrons. The minimum atomic E-state index is -0.816. The molecule has 5 nitrogen and oxygen atoms in total. The van der Waals surface area contributed by atoms with Gasteiger partial charge < -0.3 is 5.11 Å². The van der Waals surface area contributed by atoms with E-state index in [0.29, 0.717) is 19.4 Å². The second-order valence-electron chi connectivity index (χ2n) is 9.68. The van der Waals surface area contributed by atoms with Crippen LogP contribution in [0.25, 0.3) is 0 Å². The number of allylic oxidation sites excluding steroid dienone is 1. The van der Waals surface area contributed by atoms with Crippen LogP contribution in [0.3, 0.4) is 0 Å². The van der Waals surface area contributed by atoms with Crippen LogP contribution < -0.4 is 5.48 Å². The third kappa shape index (κ3) is 23.9. The zero-order chi connectivity index (χ0) is 25.1. The average Bonchev–Trinajstić information content (AvgIpc) is 2.82. The lowest BCUT2D eigenvalue weighted by Crippen LogP contribution is -2.30. The number of carboxylic acid groups (broad SMARTS) is 1. The minimum Gasteiger partial charge on any atom is -0.481 e. The lowest BCUT2D eigenvalue weighted by molar-refractivity contribution is -0.138. The first kappa shape index (κ1) is 32.8. The molecule has 0 heterocycles. The minimum absolute atomic E-state index is 0.00667. The van der Waals surface area contributed by atoms with E-state index in [4.69, 9.17) is 9.94 Å². The maximum atomic E-state index is 12.5. The summed E-state index contributed by atoms with van der Waals surface area (Å²) >= 11 is 0. The Bertz CT molecular complexity index is 493. The van der Waals surface area contributed by atoms with E-state index in [1.54, 1.807) is 6.08 Å². The Morgan fingerprint density at radius 2 is 1.24 bits per heavy atom. The largest absolute Gasteiger partial charge is 0.481 e. The summed E-state index contributed by atoms with van der Waals surface area (Å²) in [5.41, 5.74) is 2.79. The van der Waals surface area contributed by atoms with Crippen molar-refractivity contribution in [1.29, 1.82) is 0 Å². The summed E-state index contributed by atoms with van der Waals surface area (Å²) in [6.45, 7) is 4.85. The molecular weight excluding hydrogens is 426 g/mol. The predicted molar refractivity (Wildman–Crippen MR) is 143 cm³/mol. The molecule has 2 N–H and O–H groups in total. The van der Waals surface area contributed by atoms with Crippen LogP contribution in [0.5, 0.6) is 0 Å². The Kier molecular flexibility index (Phi) is 25.5. The Hall–Kier alpha value is -1.20. The fraction of sp³-hybridized carbons (Fsp3) is 0.862. The lowest BCUT2D eigenvalue weighted by atomic mass is 10.0. The second-order valence-corrected chi connectivity index (χ2v) is 9.68. The Balaban J connectivity index is 3.76. The molecule has 0 rings (SSSR count). The third-order valence-electron chi connectivity index (χ3n) is 6.29. The van der Waals surface area contributed by atoms with Crippen LogP contribution >= 0.6 is 0 Å². The van der Waals surface area contributed by atoms with E-state index >= 15 is 0 Å². The molecule has 0 radical (unpaired) electrons. The standard InChI is InChI=1S/C29H55NO4/c1-3-5-7-8-9-10-11-12-13-14-15-16-17-18-19-21-23-27(31)28(24-20-6-4-2)34-30-26-22-25-29(32)33/h21,23,28,30H,3-20,22,24-26H2,1-2H3,(H,32,33). The first-order chi connectivity index (χ1) is 16.6. The molecular formula is C29H55NO4. The van der Waals surface area contributed by atoms with Crippen LogP contribution in [0.2, 0.25) is 0 Å². The van der Waals surface area contributed by atoms with Crippen molar-refractivity contribution in [2.24, 2.45) is 0 Å². The molecule has 0 saturated carbocycles. The molecule has 0 aromatic heterocycles. The number of rotatable bonds is 27. The monoisotopic (exact) mass is 481 g/mol. The lowest BCUT2D eigenvalue weighted by Gasteiger charge is -2.15. The summed E-state index contributed by atoms with van der Waals surface area (Å²) in [4.78, 5) is 28.7. The van der Waals surface area contributed by atoms with Crippen molar-refractivity contribution in [2.75, 3.05) is 6.54 Å². The van der Waals surface area contributed by atoms with Gasteiger partial charge in [0, 0.05) is 13.0 Å². The van der Waals surface area contributed by atoms with E-state index in [0.717, 1.165) is 32.1 Å². The van der Waals surface area contributed by atoms with Gasteiger partial charge in [-0.25, -0.2) is 5.48 Å². The number of ketones is 1. The van der Waals surface area contributed by atoms with E-state index in [-0.39, 0.29) is 12.2 Å². The maximum absolute atomic E-state index is 12.5. The summed E-state index contributed by atoms with van der Waals surface area (Å²) in [7, 11) is 0. The highest BCUT2D eigenvalue weighted by molar-refractivity contribution is 5.93. The molecule has 0 aliphatic rings. The zero-order valence-corrected chi connectivity index (χ0v) is 22.5. The van der Waals surface area contributed by atoms with E-state index in [9.17, 15) is 9.59 Å². The predicted octanol–water partition coefficient (Wildman–Crippen LogP) is 8.32. The van der Waals surface area contributed by atoms with Crippen LogP contribution in [-0.4, -0.2) is 29.5 Å². The van der Waals surface area contributed by atoms with Crippen LogP contribution in [0.1, 0.15) is 149 Å². The molecule has 0 aromatic rings. The van der Waals surface area contributed by atoms with Crippen LogP contribution in [0.4, 0.5) is 0 Å². The number of hydrogen-bond donors (Lipinski definition) is 2. The Labute approximate surface area is 210 Å². The number of hydrogen-bond acceptors (Lipinski definition) is 4. The molecule has 0 fully saturated rings. The summed E-state index contributed by atoms with van der Waals surface area (Å²) < 4.78 is 0. The van der Waals surface area contributed by atoms with Gasteiger partial charge in [-0.3, -0.25) is 14.4 Å². The highest BCUT2D eigenvalue weighted by Gasteiger charge is 2.16. The van der Waals surface area contributed by atoms with Gasteiger partial charge in [-0.2, -0.15) is 0 Å². The molecule has 0 saturated heterocycles. The van der Waals surface area contributed by atoms with Gasteiger partial charge in [0.2, 0.25) is 0 Å². The van der Waals surface area contributed by atoms with Gasteiger partial charge in [-0.1, -0.05) is 123 Å². The SMILES string of the molecule is CCCCCCCCCCCCCCCCC=CC(=O)C(CCCCC)ONCCCC(=O)O. The molecule has 0 bridgehead atoms. The van der Waals surface area contributed by atoms with Crippen LogP contribution in [0.15, 0.2) is 12.2 Å². The van der Waals surface area contributed by atoms with Gasteiger partial charge in [0.1, 0.15) is 6.10 Å². The molecule has 0 aliphatic carbocycles. The molecule has 0 aliphatic heterocycles. The average molecular weight is 482 g/mol. The number of aliphatic carboxylic acids is 1. The van der Waals surface area contributed by atoms with E-state index < -0.39 is 12.1 Å². The zero-order valence-electron chi connectivity index (χ0n) is 22.5. The van der Waals surface area contributed by atoms with E-state index in [1.807, 2.05) is 6.08 Å². The van der Waals surface area contributed by atoms with Gasteiger partial charge in [0.05, 0.1) is 0 Å². The number of nitrogens with one attached hydrogen (secondary N) is 1. The topological polar surface area (TPSA) is 75.6 Å². The quantitative estimate of drug-likeness (QED) is 0.0700. The molecule has 5 heteroatoms. The highest BCUT2D eigenvalue weighted by atomic mass is 16.7. The van der Waals surface area contributed by atoms with Crippen molar-refractivity contribution < 1.29 is 19.5 Å². The molecule has 0 amide bonds. The number of carboxylic acids is 1. The van der Waals surface area contributed by atoms with E-state index in [1.165, 1.54) is 83.5 Å². The van der Waals surface area contributed by atoms with Crippen LogP contribution in [0, 0.1) is 0 Å². The number of unbranched alkanes of at least 4 members (excludes halogenated alkanes) is 16. The molecule has 1 atom stereocenters. The third-order valence-corrected chi connectivity index (χ3v) is 6.29. The highest BCUT2D eigenvalue weighted by Crippen LogP contribution is 2.14. The first-order valence-electron chi connectivity index (χ1n) is 14.4. The first-order valence-corrected chi connectivity index (χ1v) is 14.4. The van der Waals surface area contributed by atoms with Crippen molar-refractivity contribution in [2.45, 2.75) is 155 Å². The van der Waals surface area contributed by atoms with Crippen molar-refractivity contribution in [3.05, 3.63) is 12.2 Å². The van der Waals surface area contributed by atoms with Crippen molar-refractivity contribution in [1.82, 2.24) is 5.48 Å². The van der Waals surface area contributed by atoms with Crippen molar-refractivity contribution in [3.8, 4) is 0 Å². The fourth-order valence-corrected chi connectivity index (χ4v) is 4.07. The Morgan fingerprint density at radius 3 is 1.76 bits per heavy atom. The molecule has 34 heavy (non-hydrogen) atoms. The van der Waals surface area contributed by atoms with Gasteiger partial charge in [0.25, 0.3) is 0 Å². The fourth-order valence-electron chi connectivity index (χ4n) is 4.07. The number of hydroxylamine groups is 1. The van der Waals surface area contributed by atoms with Crippen molar-refractivity contribution in [3.63, 3.8) is 0 Å². The number of carbonyl (C=O) groups excluding carboxylic acids is 1. The summed E-state index contributed by atoms with van der Waals surface area (Å²) in [5.74, 6) is -0.809. The van der Waals surface area contributed by atoms with Gasteiger partial charge >= 0.3 is 5.97 Å². The van der Waals surface area contributed by atoms with Gasteiger partial charge in [-0.15, -0.1) is 0 Å². The molecule has 0 spiro atoms. The molecule has 1 unspecified atom stereocenters. The van der Waals surface area contributed by atoms with Crippen LogP contribution in [-0.2, 0) is 14.4 Å². The maximum Gasteiger partial charge on any atom is 0.303 e. The number of carbonyl (C=O) groups is 2. The summed E-state index contributed by atoms with van der Waals surface area (Å²) in [5, 5.41) is 8.69. The Morgan fingerprint density at radius 1 is 0.735 bits per heavy atom. The second kappa shape index (κ2) is 26.4. The molecule has 0 aromatic carbocycles. The smallest absolute Gasteiger partial charge is 0.303 e. The van der Waals surface area contributed by atoms with Gasteiger partial charge in [-0.05, 0) is 31.8 Å². The van der Waals surface area contributed by atoms with Crippen molar-refractivity contribution >= 4 is 11.8 Å². The van der Waals surface area contributed by atoms with Gasteiger partial charge in [0.15, 0.2) is 5.78 Å². The summed E-state index contributed by atoms with van der Waals surface area (Å²) in [6, 6.07) is 0. The normalized spacial score (nSPS) is 12.4. The summed E-state index contributed by atoms with van der Waals surface area (Å²) in [6.07, 6.45) is 27.5. The van der Waals surface area contributed by atoms with E-state index in [2.05, 4.69) is 19.3 Å².